The Bertz CT molecular complexity index is 662. The minimum Gasteiger partial charge on any atom is -0.493 e. The Morgan fingerprint density at radius 2 is 1.89 bits per heavy atom. The second-order valence-electron chi connectivity index (χ2n) is 4.71. The van der Waals surface area contributed by atoms with Gasteiger partial charge in [0.25, 0.3) is 0 Å². The molecule has 0 amide bonds. The Hall–Kier alpha value is -1.61. The highest BCUT2D eigenvalue weighted by Crippen LogP contribution is 2.27. The Morgan fingerprint density at radius 3 is 2.68 bits per heavy atom. The molecule has 0 saturated heterocycles. The fourth-order valence-corrected chi connectivity index (χ4v) is 2.61. The van der Waals surface area contributed by atoms with Gasteiger partial charge in [-0.05, 0) is 42.3 Å². The Balaban J connectivity index is 1.97. The number of ketones is 1. The number of benzene rings is 2. The van der Waals surface area contributed by atoms with Crippen LogP contribution in [0.3, 0.4) is 0 Å². The van der Waals surface area contributed by atoms with Crippen LogP contribution < -0.4 is 4.74 Å². The molecule has 3 rings (SSSR count). The molecule has 0 N–H and O–H groups in total. The van der Waals surface area contributed by atoms with Crippen molar-refractivity contribution in [2.75, 3.05) is 6.61 Å². The summed E-state index contributed by atoms with van der Waals surface area (Å²) < 4.78 is 6.42. The van der Waals surface area contributed by atoms with Crippen LogP contribution in [0, 0.1) is 6.92 Å². The monoisotopic (exact) mass is 316 g/mol. The molecule has 0 atom stereocenters. The van der Waals surface area contributed by atoms with Crippen molar-refractivity contribution in [2.24, 2.45) is 0 Å². The predicted octanol–water partition coefficient (Wildman–Crippen LogP) is 3.92. The van der Waals surface area contributed by atoms with Crippen molar-refractivity contribution in [3.8, 4) is 5.75 Å². The highest BCUT2D eigenvalue weighted by Gasteiger charge is 2.16. The van der Waals surface area contributed by atoms with E-state index in [9.17, 15) is 4.79 Å². The number of hydrogen-bond acceptors (Lipinski definition) is 2. The quantitative estimate of drug-likeness (QED) is 0.785. The average Bonchev–Trinajstić information content (AvgIpc) is 2.88. The molecule has 1 aliphatic rings. The second kappa shape index (κ2) is 4.82. The number of halogens is 1. The lowest BCUT2D eigenvalue weighted by Gasteiger charge is -2.05. The summed E-state index contributed by atoms with van der Waals surface area (Å²) in [4.78, 5) is 12.4. The van der Waals surface area contributed by atoms with Crippen LogP contribution in [0.1, 0.15) is 27.0 Å². The Kier molecular flexibility index (Phi) is 3.15. The van der Waals surface area contributed by atoms with Gasteiger partial charge in [-0.1, -0.05) is 28.1 Å². The number of rotatable bonds is 2. The molecule has 0 spiro atoms. The van der Waals surface area contributed by atoms with Crippen LogP contribution >= 0.6 is 15.9 Å². The molecule has 0 fully saturated rings. The molecule has 1 heterocycles. The van der Waals surface area contributed by atoms with Crippen LogP contribution in [0.4, 0.5) is 0 Å². The molecule has 0 aromatic heterocycles. The zero-order valence-electron chi connectivity index (χ0n) is 10.6. The molecule has 0 radical (unpaired) electrons. The fraction of sp³-hybridized carbons (Fsp3) is 0.188. The van der Waals surface area contributed by atoms with E-state index in [2.05, 4.69) is 15.9 Å². The van der Waals surface area contributed by atoms with Crippen molar-refractivity contribution in [3.63, 3.8) is 0 Å². The summed E-state index contributed by atoms with van der Waals surface area (Å²) >= 11 is 3.46. The average molecular weight is 317 g/mol. The smallest absolute Gasteiger partial charge is 0.193 e. The molecule has 3 heteroatoms. The molecular weight excluding hydrogens is 304 g/mol. The highest BCUT2D eigenvalue weighted by atomic mass is 79.9. The Morgan fingerprint density at radius 1 is 1.16 bits per heavy atom. The van der Waals surface area contributed by atoms with Crippen LogP contribution in [0.15, 0.2) is 40.9 Å². The van der Waals surface area contributed by atoms with E-state index in [4.69, 9.17) is 4.74 Å². The molecule has 19 heavy (non-hydrogen) atoms. The van der Waals surface area contributed by atoms with Gasteiger partial charge in [0.05, 0.1) is 6.61 Å². The van der Waals surface area contributed by atoms with Crippen LogP contribution in [-0.4, -0.2) is 12.4 Å². The topological polar surface area (TPSA) is 26.3 Å². The fourth-order valence-electron chi connectivity index (χ4n) is 2.23. The minimum atomic E-state index is 0.0513. The zero-order chi connectivity index (χ0) is 13.4. The molecular formula is C16H13BrO2. The largest absolute Gasteiger partial charge is 0.493 e. The lowest BCUT2D eigenvalue weighted by molar-refractivity contribution is 0.103. The summed E-state index contributed by atoms with van der Waals surface area (Å²) in [5, 5.41) is 0. The van der Waals surface area contributed by atoms with Gasteiger partial charge < -0.3 is 4.74 Å². The highest BCUT2D eigenvalue weighted by molar-refractivity contribution is 9.10. The van der Waals surface area contributed by atoms with E-state index < -0.39 is 0 Å². The van der Waals surface area contributed by atoms with Gasteiger partial charge in [0.1, 0.15) is 5.75 Å². The molecule has 2 nitrogen and oxygen atoms in total. The van der Waals surface area contributed by atoms with Crippen LogP contribution in [0.5, 0.6) is 5.75 Å². The first-order chi connectivity index (χ1) is 9.15. The number of fused-ring (bicyclic) bond motifs is 1. The van der Waals surface area contributed by atoms with E-state index >= 15 is 0 Å². The molecule has 0 bridgehead atoms. The van der Waals surface area contributed by atoms with Gasteiger partial charge in [-0.3, -0.25) is 4.79 Å². The predicted molar refractivity (Wildman–Crippen MR) is 78.0 cm³/mol. The number of carbonyl (C=O) groups excluding carboxylic acids is 1. The number of carbonyl (C=O) groups is 1. The molecule has 0 aliphatic carbocycles. The van der Waals surface area contributed by atoms with Gasteiger partial charge in [-0.25, -0.2) is 0 Å². The number of aryl methyl sites for hydroxylation is 1. The van der Waals surface area contributed by atoms with E-state index in [1.54, 1.807) is 0 Å². The normalized spacial score (nSPS) is 12.9. The van der Waals surface area contributed by atoms with Crippen molar-refractivity contribution in [2.45, 2.75) is 13.3 Å². The maximum Gasteiger partial charge on any atom is 0.193 e. The second-order valence-corrected chi connectivity index (χ2v) is 5.57. The molecule has 2 aromatic carbocycles. The van der Waals surface area contributed by atoms with Gasteiger partial charge >= 0.3 is 0 Å². The standard InChI is InChI=1S/C16H13BrO2/c1-10-2-3-13(9-14(10)17)16(18)12-4-5-15-11(8-12)6-7-19-15/h2-5,8-9H,6-7H2,1H3. The maximum atomic E-state index is 12.4. The van der Waals surface area contributed by atoms with E-state index in [-0.39, 0.29) is 5.78 Å². The zero-order valence-corrected chi connectivity index (χ0v) is 12.2. The van der Waals surface area contributed by atoms with E-state index in [1.807, 2.05) is 43.3 Å². The minimum absolute atomic E-state index is 0.0513. The van der Waals surface area contributed by atoms with Crippen molar-refractivity contribution < 1.29 is 9.53 Å². The van der Waals surface area contributed by atoms with Crippen molar-refractivity contribution >= 4 is 21.7 Å². The molecule has 0 saturated carbocycles. The first kappa shape index (κ1) is 12.4. The molecule has 1 aliphatic heterocycles. The van der Waals surface area contributed by atoms with Gasteiger partial charge in [0, 0.05) is 22.0 Å². The van der Waals surface area contributed by atoms with Crippen molar-refractivity contribution in [3.05, 3.63) is 63.1 Å². The summed E-state index contributed by atoms with van der Waals surface area (Å²) in [5.74, 6) is 0.956. The third-order valence-electron chi connectivity index (χ3n) is 3.39. The van der Waals surface area contributed by atoms with Gasteiger partial charge in [-0.2, -0.15) is 0 Å². The summed E-state index contributed by atoms with van der Waals surface area (Å²) in [6, 6.07) is 11.4. The third-order valence-corrected chi connectivity index (χ3v) is 4.24. The van der Waals surface area contributed by atoms with Crippen molar-refractivity contribution in [1.82, 2.24) is 0 Å². The maximum absolute atomic E-state index is 12.4. The lowest BCUT2D eigenvalue weighted by Crippen LogP contribution is -2.02. The molecule has 2 aromatic rings. The first-order valence-corrected chi connectivity index (χ1v) is 7.01. The molecule has 0 unspecified atom stereocenters. The number of ether oxygens (including phenoxy) is 1. The van der Waals surface area contributed by atoms with E-state index in [0.717, 1.165) is 33.3 Å². The van der Waals surface area contributed by atoms with E-state index in [1.165, 1.54) is 0 Å². The SMILES string of the molecule is Cc1ccc(C(=O)c2ccc3c(c2)CCO3)cc1Br. The van der Waals surface area contributed by atoms with Gasteiger partial charge in [0.2, 0.25) is 0 Å². The summed E-state index contributed by atoms with van der Waals surface area (Å²) in [5.41, 5.74) is 3.67. The van der Waals surface area contributed by atoms with Gasteiger partial charge in [-0.15, -0.1) is 0 Å². The summed E-state index contributed by atoms with van der Waals surface area (Å²) in [6.07, 6.45) is 0.883. The van der Waals surface area contributed by atoms with Crippen LogP contribution in [-0.2, 0) is 6.42 Å². The molecule has 96 valence electrons. The Labute approximate surface area is 120 Å². The third kappa shape index (κ3) is 2.30. The van der Waals surface area contributed by atoms with Crippen molar-refractivity contribution in [1.29, 1.82) is 0 Å². The first-order valence-electron chi connectivity index (χ1n) is 6.22. The van der Waals surface area contributed by atoms with Crippen LogP contribution in [0.25, 0.3) is 0 Å². The van der Waals surface area contributed by atoms with Crippen LogP contribution in [0.2, 0.25) is 0 Å². The number of hydrogen-bond donors (Lipinski definition) is 0. The lowest BCUT2D eigenvalue weighted by atomic mass is 10.00. The summed E-state index contributed by atoms with van der Waals surface area (Å²) in [6.45, 7) is 2.72. The van der Waals surface area contributed by atoms with E-state index in [0.29, 0.717) is 12.2 Å². The van der Waals surface area contributed by atoms with Gasteiger partial charge in [0.15, 0.2) is 5.78 Å². The summed E-state index contributed by atoms with van der Waals surface area (Å²) in [7, 11) is 0.